The van der Waals surface area contributed by atoms with E-state index in [4.69, 9.17) is 23.2 Å². The minimum Gasteiger partial charge on any atom is -0.342 e. The highest BCUT2D eigenvalue weighted by Crippen LogP contribution is 2.26. The fourth-order valence-corrected chi connectivity index (χ4v) is 4.51. The first-order valence-electron chi connectivity index (χ1n) is 10.9. The Balaban J connectivity index is 1.42. The minimum atomic E-state index is -0.660. The van der Waals surface area contributed by atoms with E-state index in [0.717, 1.165) is 5.56 Å². The number of carbonyl (C=O) groups excluding carboxylic acids is 2. The monoisotopic (exact) mass is 500 g/mol. The van der Waals surface area contributed by atoms with Gasteiger partial charge in [-0.1, -0.05) is 41.4 Å². The van der Waals surface area contributed by atoms with Crippen LogP contribution >= 0.6 is 23.2 Å². The molecule has 6 nitrogen and oxygen atoms in total. The molecule has 0 saturated carbocycles. The topological polar surface area (TPSA) is 74.3 Å². The number of para-hydroxylation sites is 1. The molecule has 1 unspecified atom stereocenters. The summed E-state index contributed by atoms with van der Waals surface area (Å²) in [6, 6.07) is 16.9. The van der Waals surface area contributed by atoms with E-state index in [-0.39, 0.29) is 24.1 Å². The van der Waals surface area contributed by atoms with Crippen LogP contribution in [0.4, 0.5) is 21.6 Å². The second-order valence-corrected chi connectivity index (χ2v) is 9.02. The summed E-state index contributed by atoms with van der Waals surface area (Å²) in [6.45, 7) is 0.880. The summed E-state index contributed by atoms with van der Waals surface area (Å²) in [5.41, 5.74) is 1.81. The fraction of sp³-hybridized carbons (Fsp3) is 0.240. The summed E-state index contributed by atoms with van der Waals surface area (Å²) < 4.78 is 13.8. The fourth-order valence-electron chi connectivity index (χ4n) is 3.94. The molecule has 34 heavy (non-hydrogen) atoms. The number of benzene rings is 2. The molecule has 0 bridgehead atoms. The predicted molar refractivity (Wildman–Crippen MR) is 132 cm³/mol. The van der Waals surface area contributed by atoms with E-state index < -0.39 is 11.9 Å². The number of piperidine rings is 1. The Kier molecular flexibility index (Phi) is 7.65. The molecular formula is C25H23Cl2FN4O2. The van der Waals surface area contributed by atoms with Crippen LogP contribution in [-0.2, 0) is 16.0 Å². The molecule has 0 aliphatic carbocycles. The molecule has 1 aliphatic rings. The number of rotatable bonds is 6. The van der Waals surface area contributed by atoms with E-state index >= 15 is 0 Å². The first-order chi connectivity index (χ1) is 16.4. The zero-order valence-corrected chi connectivity index (χ0v) is 19.7. The molecule has 1 aliphatic heterocycles. The lowest BCUT2D eigenvalue weighted by Crippen LogP contribution is -2.44. The summed E-state index contributed by atoms with van der Waals surface area (Å²) in [6.07, 6.45) is 1.51. The van der Waals surface area contributed by atoms with Crippen LogP contribution in [0.15, 0.2) is 60.7 Å². The van der Waals surface area contributed by atoms with Crippen molar-refractivity contribution in [1.29, 1.82) is 0 Å². The van der Waals surface area contributed by atoms with Crippen molar-refractivity contribution in [3.63, 3.8) is 0 Å². The van der Waals surface area contributed by atoms with Crippen LogP contribution in [0.5, 0.6) is 0 Å². The summed E-state index contributed by atoms with van der Waals surface area (Å²) in [5.74, 6) is -1.18. The number of nitrogens with zero attached hydrogens (tertiary/aromatic N) is 2. The van der Waals surface area contributed by atoms with E-state index in [9.17, 15) is 14.0 Å². The Hall–Kier alpha value is -3.16. The molecule has 176 valence electrons. The quantitative estimate of drug-likeness (QED) is 0.426. The van der Waals surface area contributed by atoms with Gasteiger partial charge in [0.25, 0.3) is 0 Å². The number of carbonyl (C=O) groups is 2. The van der Waals surface area contributed by atoms with Gasteiger partial charge in [-0.05, 0) is 60.9 Å². The molecule has 0 spiro atoms. The summed E-state index contributed by atoms with van der Waals surface area (Å²) in [5, 5.41) is 6.82. The van der Waals surface area contributed by atoms with Gasteiger partial charge in [-0.2, -0.15) is 4.39 Å². The van der Waals surface area contributed by atoms with Gasteiger partial charge in [0.05, 0.1) is 18.0 Å². The van der Waals surface area contributed by atoms with Crippen LogP contribution < -0.4 is 10.6 Å². The molecule has 2 aromatic carbocycles. The zero-order valence-electron chi connectivity index (χ0n) is 18.2. The lowest BCUT2D eigenvalue weighted by atomic mass is 9.96. The zero-order chi connectivity index (χ0) is 24.1. The molecule has 1 fully saturated rings. The minimum absolute atomic E-state index is 0.0919. The molecule has 9 heteroatoms. The number of likely N-dealkylation sites (tertiary alicyclic amines) is 1. The lowest BCUT2D eigenvalue weighted by Gasteiger charge is -2.32. The van der Waals surface area contributed by atoms with E-state index in [2.05, 4.69) is 15.6 Å². The molecule has 3 aromatic rings. The largest absolute Gasteiger partial charge is 0.342 e. The Morgan fingerprint density at radius 2 is 1.79 bits per heavy atom. The molecule has 4 rings (SSSR count). The van der Waals surface area contributed by atoms with Gasteiger partial charge >= 0.3 is 0 Å². The molecule has 1 saturated heterocycles. The van der Waals surface area contributed by atoms with E-state index in [1.807, 2.05) is 30.3 Å². The van der Waals surface area contributed by atoms with Gasteiger partial charge in [-0.15, -0.1) is 0 Å². The van der Waals surface area contributed by atoms with Crippen LogP contribution in [0.25, 0.3) is 0 Å². The maximum absolute atomic E-state index is 13.8. The lowest BCUT2D eigenvalue weighted by molar-refractivity contribution is -0.133. The third kappa shape index (κ3) is 6.24. The third-order valence-corrected chi connectivity index (χ3v) is 6.01. The van der Waals surface area contributed by atoms with E-state index in [1.54, 1.807) is 23.1 Å². The first-order valence-corrected chi connectivity index (χ1v) is 11.7. The van der Waals surface area contributed by atoms with Crippen LogP contribution in [-0.4, -0.2) is 34.8 Å². The number of hydrogen-bond acceptors (Lipinski definition) is 4. The first kappa shape index (κ1) is 24.0. The molecule has 2 N–H and O–H groups in total. The van der Waals surface area contributed by atoms with Gasteiger partial charge in [-0.25, -0.2) is 4.98 Å². The van der Waals surface area contributed by atoms with Crippen LogP contribution in [0.1, 0.15) is 18.4 Å². The van der Waals surface area contributed by atoms with Gasteiger partial charge in [-0.3, -0.25) is 9.59 Å². The Labute approximate surface area is 207 Å². The van der Waals surface area contributed by atoms with Crippen molar-refractivity contribution in [2.45, 2.75) is 19.3 Å². The summed E-state index contributed by atoms with van der Waals surface area (Å²) in [4.78, 5) is 31.5. The highest BCUT2D eigenvalue weighted by Gasteiger charge is 2.29. The number of halogens is 3. The number of hydrogen-bond donors (Lipinski definition) is 2. The molecule has 2 amide bonds. The van der Waals surface area contributed by atoms with Gasteiger partial charge in [0.1, 0.15) is 0 Å². The maximum atomic E-state index is 13.8. The number of pyridine rings is 1. The Bertz CT molecular complexity index is 1170. The smallest absolute Gasteiger partial charge is 0.229 e. The van der Waals surface area contributed by atoms with Crippen molar-refractivity contribution in [1.82, 2.24) is 9.88 Å². The number of nitrogens with one attached hydrogen (secondary N) is 2. The van der Waals surface area contributed by atoms with Crippen LogP contribution in [0, 0.1) is 11.9 Å². The molecule has 2 heterocycles. The number of aromatic nitrogens is 1. The van der Waals surface area contributed by atoms with Crippen molar-refractivity contribution in [3.05, 3.63) is 82.2 Å². The standard InChI is InChI=1S/C25H23Cl2FN4O2/c26-18-11-16(12-19(27)14-18)13-23(33)32-10-4-5-17(15-32)25(34)30-21-8-9-22(28)31-24(21)29-20-6-2-1-3-7-20/h1-3,6-9,11-12,14,17H,4-5,10,13,15H2,(H,29,31)(H,30,34). The molecular weight excluding hydrogens is 478 g/mol. The second-order valence-electron chi connectivity index (χ2n) is 8.14. The van der Waals surface area contributed by atoms with Crippen LogP contribution in [0.3, 0.4) is 0 Å². The maximum Gasteiger partial charge on any atom is 0.229 e. The summed E-state index contributed by atoms with van der Waals surface area (Å²) in [7, 11) is 0. The van der Waals surface area contributed by atoms with Gasteiger partial charge in [0.15, 0.2) is 5.82 Å². The Morgan fingerprint density at radius 3 is 2.53 bits per heavy atom. The van der Waals surface area contributed by atoms with E-state index in [0.29, 0.717) is 47.4 Å². The second kappa shape index (κ2) is 10.8. The van der Waals surface area contributed by atoms with Crippen molar-refractivity contribution >= 4 is 52.2 Å². The Morgan fingerprint density at radius 1 is 1.06 bits per heavy atom. The van der Waals surface area contributed by atoms with Crippen LogP contribution in [0.2, 0.25) is 10.0 Å². The molecule has 0 radical (unpaired) electrons. The highest BCUT2D eigenvalue weighted by atomic mass is 35.5. The van der Waals surface area contributed by atoms with Crippen molar-refractivity contribution in [2.24, 2.45) is 5.92 Å². The average molecular weight is 501 g/mol. The van der Waals surface area contributed by atoms with Crippen molar-refractivity contribution in [2.75, 3.05) is 23.7 Å². The molecule has 1 aromatic heterocycles. The molecule has 1 atom stereocenters. The summed E-state index contributed by atoms with van der Waals surface area (Å²) >= 11 is 12.1. The SMILES string of the molecule is O=C(Nc1ccc(F)nc1Nc1ccccc1)C1CCCN(C(=O)Cc2cc(Cl)cc(Cl)c2)C1. The van der Waals surface area contributed by atoms with Crippen molar-refractivity contribution < 1.29 is 14.0 Å². The van der Waals surface area contributed by atoms with Gasteiger partial charge in [0, 0.05) is 28.8 Å². The van der Waals surface area contributed by atoms with Gasteiger partial charge < -0.3 is 15.5 Å². The number of anilines is 3. The highest BCUT2D eigenvalue weighted by molar-refractivity contribution is 6.34. The third-order valence-electron chi connectivity index (χ3n) is 5.58. The predicted octanol–water partition coefficient (Wildman–Crippen LogP) is 5.69. The number of amides is 2. The van der Waals surface area contributed by atoms with E-state index in [1.165, 1.54) is 12.1 Å². The van der Waals surface area contributed by atoms with Crippen molar-refractivity contribution in [3.8, 4) is 0 Å². The normalized spacial score (nSPS) is 15.6. The average Bonchev–Trinajstić information content (AvgIpc) is 2.81. The van der Waals surface area contributed by atoms with Gasteiger partial charge in [0.2, 0.25) is 17.8 Å².